The fourth-order valence-electron chi connectivity index (χ4n) is 12.2. The second-order valence-electron chi connectivity index (χ2n) is 16.7. The lowest BCUT2D eigenvalue weighted by molar-refractivity contribution is 0.0102. The Bertz CT molecular complexity index is 1180. The van der Waals surface area contributed by atoms with Gasteiger partial charge in [-0.3, -0.25) is 0 Å². The van der Waals surface area contributed by atoms with Crippen molar-refractivity contribution in [2.24, 2.45) is 76.9 Å². The molecule has 0 aromatic heterocycles. The van der Waals surface area contributed by atoms with E-state index in [1.165, 1.54) is 109 Å². The summed E-state index contributed by atoms with van der Waals surface area (Å²) in [6.45, 7) is 6.90. The molecule has 0 amide bonds. The van der Waals surface area contributed by atoms with E-state index in [0.29, 0.717) is 23.7 Å². The second kappa shape index (κ2) is 17.2. The highest BCUT2D eigenvalue weighted by Crippen LogP contribution is 2.57. The third kappa shape index (κ3) is 7.80. The average Bonchev–Trinajstić information content (AvgIpc) is 3.13. The number of hydrogen-bond donors (Lipinski definition) is 1. The summed E-state index contributed by atoms with van der Waals surface area (Å²) in [4.78, 5) is 0. The van der Waals surface area contributed by atoms with Crippen LogP contribution in [0.15, 0.2) is 72.4 Å². The van der Waals surface area contributed by atoms with Gasteiger partial charge < -0.3 is 5.41 Å². The van der Waals surface area contributed by atoms with Crippen molar-refractivity contribution >= 4 is 6.21 Å². The second-order valence-corrected chi connectivity index (χ2v) is 16.7. The molecule has 0 heterocycles. The molecule has 13 atom stereocenters. The van der Waals surface area contributed by atoms with Gasteiger partial charge in [-0.25, -0.2) is 0 Å². The maximum Gasteiger partial charge on any atom is 0.00139 e. The lowest BCUT2D eigenvalue weighted by Crippen LogP contribution is -2.46. The van der Waals surface area contributed by atoms with Gasteiger partial charge in [0.15, 0.2) is 0 Å². The first kappa shape index (κ1) is 35.0. The van der Waals surface area contributed by atoms with Crippen molar-refractivity contribution in [3.05, 3.63) is 72.4 Å². The summed E-state index contributed by atoms with van der Waals surface area (Å²) >= 11 is 0. The summed E-state index contributed by atoms with van der Waals surface area (Å²) in [5, 5.41) is 8.25. The smallest absolute Gasteiger partial charge is 0.00139 e. The van der Waals surface area contributed by atoms with Crippen LogP contribution in [-0.2, 0) is 0 Å². The Balaban J connectivity index is 1.14. The molecule has 0 saturated heterocycles. The minimum atomic E-state index is 0.452. The van der Waals surface area contributed by atoms with Gasteiger partial charge in [-0.2, -0.15) is 0 Å². The maximum atomic E-state index is 8.25. The molecule has 47 heavy (non-hydrogen) atoms. The predicted octanol–water partition coefficient (Wildman–Crippen LogP) is 13.1. The van der Waals surface area contributed by atoms with E-state index in [1.54, 1.807) is 5.57 Å². The Morgan fingerprint density at radius 2 is 1.47 bits per heavy atom. The Hall–Kier alpha value is -1.89. The van der Waals surface area contributed by atoms with Crippen LogP contribution in [-0.4, -0.2) is 6.21 Å². The van der Waals surface area contributed by atoms with Gasteiger partial charge in [-0.15, -0.1) is 0 Å². The van der Waals surface area contributed by atoms with Gasteiger partial charge in [0, 0.05) is 11.8 Å². The van der Waals surface area contributed by atoms with E-state index in [0.717, 1.165) is 53.3 Å². The molecule has 0 aliphatic heterocycles. The van der Waals surface area contributed by atoms with Crippen LogP contribution in [0.1, 0.15) is 130 Å². The molecule has 1 heteroatoms. The van der Waals surface area contributed by atoms with Gasteiger partial charge in [0.05, 0.1) is 0 Å². The Morgan fingerprint density at radius 1 is 0.702 bits per heavy atom. The highest BCUT2D eigenvalue weighted by Gasteiger charge is 2.49. The third-order valence-corrected chi connectivity index (χ3v) is 14.4. The summed E-state index contributed by atoms with van der Waals surface area (Å²) < 4.78 is 0. The van der Waals surface area contributed by atoms with Crippen LogP contribution in [0.5, 0.6) is 0 Å². The number of nitrogens with one attached hydrogen (secondary N) is 1. The fourth-order valence-corrected chi connectivity index (χ4v) is 12.2. The molecule has 13 unspecified atom stereocenters. The standard InChI is InChI=1S/C46H69N/c1-4-7-8-9-17-33-18-10-11-19-38(33)37(6-3)34-24-26-35(27-25-34)39-28-30-45(43-22-14-12-20-41(39)43)46-31-29-40(36(32-47)16-5-2)42-21-13-15-23-44(42)46/h6,8-9,11,14,19,22,24,26,29,31-36,38-47H,4-5,7,10,12-13,15-18,20-21,23,25,27-28,30H2,1-3H3/b9-8-,37-6-,47-32?. The van der Waals surface area contributed by atoms with Crippen LogP contribution in [0.2, 0.25) is 0 Å². The first-order valence-corrected chi connectivity index (χ1v) is 20.7. The number of hydrogen-bond acceptors (Lipinski definition) is 1. The normalized spacial score (nSPS) is 41.0. The van der Waals surface area contributed by atoms with Crippen molar-refractivity contribution in [3.8, 4) is 0 Å². The van der Waals surface area contributed by atoms with E-state index in [4.69, 9.17) is 5.41 Å². The molecule has 0 spiro atoms. The highest BCUT2D eigenvalue weighted by atomic mass is 14.5. The van der Waals surface area contributed by atoms with Crippen LogP contribution >= 0.6 is 0 Å². The molecule has 6 rings (SSSR count). The number of fused-ring (bicyclic) bond motifs is 2. The van der Waals surface area contributed by atoms with Crippen molar-refractivity contribution < 1.29 is 0 Å². The molecule has 2 fully saturated rings. The number of rotatable bonds is 12. The van der Waals surface area contributed by atoms with Gasteiger partial charge in [0.2, 0.25) is 0 Å². The van der Waals surface area contributed by atoms with Crippen LogP contribution in [0.25, 0.3) is 0 Å². The highest BCUT2D eigenvalue weighted by molar-refractivity contribution is 5.58. The summed E-state index contributed by atoms with van der Waals surface area (Å²) in [7, 11) is 0. The largest absolute Gasteiger partial charge is 0.313 e. The molecule has 0 bridgehead atoms. The monoisotopic (exact) mass is 636 g/mol. The van der Waals surface area contributed by atoms with E-state index < -0.39 is 0 Å². The summed E-state index contributed by atoms with van der Waals surface area (Å²) in [5.74, 6) is 9.63. The van der Waals surface area contributed by atoms with Gasteiger partial charge in [-0.05, 0) is 162 Å². The third-order valence-electron chi connectivity index (χ3n) is 14.4. The van der Waals surface area contributed by atoms with Gasteiger partial charge in [0.25, 0.3) is 0 Å². The van der Waals surface area contributed by atoms with Crippen LogP contribution in [0.3, 0.4) is 0 Å². The Kier molecular flexibility index (Phi) is 12.8. The van der Waals surface area contributed by atoms with Crippen molar-refractivity contribution in [1.82, 2.24) is 0 Å². The number of unbranched alkanes of at least 4 members (excludes halogenated alkanes) is 1. The zero-order valence-corrected chi connectivity index (χ0v) is 30.5. The lowest BCUT2D eigenvalue weighted by atomic mass is 9.51. The van der Waals surface area contributed by atoms with Gasteiger partial charge in [0.1, 0.15) is 0 Å². The maximum absolute atomic E-state index is 8.25. The van der Waals surface area contributed by atoms with Crippen molar-refractivity contribution in [2.75, 3.05) is 0 Å². The summed E-state index contributed by atoms with van der Waals surface area (Å²) in [6, 6.07) is 0. The molecule has 1 nitrogen and oxygen atoms in total. The molecule has 2 saturated carbocycles. The van der Waals surface area contributed by atoms with Crippen molar-refractivity contribution in [2.45, 2.75) is 130 Å². The molecule has 0 aromatic rings. The van der Waals surface area contributed by atoms with Gasteiger partial charge >= 0.3 is 0 Å². The van der Waals surface area contributed by atoms with Crippen molar-refractivity contribution in [3.63, 3.8) is 0 Å². The molecule has 6 aliphatic rings. The van der Waals surface area contributed by atoms with E-state index in [9.17, 15) is 0 Å². The molecular formula is C46H69N. The SMILES string of the molecule is C/C=C(/C1C=CC(C2CCC(C3C=CC(C(C=N)CCC)C4CCCCC34)C3C=CCCC32)CC1)C1C=CCCC1C/C=C\CCC. The topological polar surface area (TPSA) is 23.9 Å². The summed E-state index contributed by atoms with van der Waals surface area (Å²) in [6.07, 6.45) is 53.0. The molecule has 6 aliphatic carbocycles. The van der Waals surface area contributed by atoms with Crippen molar-refractivity contribution in [1.29, 1.82) is 5.41 Å². The van der Waals surface area contributed by atoms with E-state index in [2.05, 4.69) is 87.6 Å². The molecule has 0 aromatic carbocycles. The average molecular weight is 636 g/mol. The Labute approximate surface area is 290 Å². The van der Waals surface area contributed by atoms with E-state index in [1.807, 2.05) is 6.21 Å². The quantitative estimate of drug-likeness (QED) is 0.163. The van der Waals surface area contributed by atoms with Crippen LogP contribution < -0.4 is 0 Å². The minimum absolute atomic E-state index is 0.452. The van der Waals surface area contributed by atoms with Crippen LogP contribution in [0, 0.1) is 82.3 Å². The van der Waals surface area contributed by atoms with Gasteiger partial charge in [-0.1, -0.05) is 112 Å². The minimum Gasteiger partial charge on any atom is -0.313 e. The van der Waals surface area contributed by atoms with E-state index in [-0.39, 0.29) is 0 Å². The molecular weight excluding hydrogens is 567 g/mol. The van der Waals surface area contributed by atoms with E-state index >= 15 is 0 Å². The molecule has 1 N–H and O–H groups in total. The zero-order chi connectivity index (χ0) is 32.6. The summed E-state index contributed by atoms with van der Waals surface area (Å²) in [5.41, 5.74) is 1.71. The zero-order valence-electron chi connectivity index (χ0n) is 30.5. The Morgan fingerprint density at radius 3 is 2.23 bits per heavy atom. The van der Waals surface area contributed by atoms with Crippen LogP contribution in [0.4, 0.5) is 0 Å². The molecule has 0 radical (unpaired) electrons. The lowest BCUT2D eigenvalue weighted by Gasteiger charge is -2.53. The number of allylic oxidation sites excluding steroid dienone is 12. The first-order chi connectivity index (χ1) is 23.2. The fraction of sp³-hybridized carbons (Fsp3) is 0.717. The predicted molar refractivity (Wildman–Crippen MR) is 203 cm³/mol. The molecule has 258 valence electrons. The first-order valence-electron chi connectivity index (χ1n) is 20.7.